The molecule has 0 saturated carbocycles. The normalized spacial score (nSPS) is 23.9. The van der Waals surface area contributed by atoms with Gasteiger partial charge in [0.2, 0.25) is 11.8 Å². The first-order chi connectivity index (χ1) is 9.01. The number of rotatable bonds is 7. The Labute approximate surface area is 120 Å². The quantitative estimate of drug-likeness (QED) is 0.777. The van der Waals surface area contributed by atoms with Gasteiger partial charge < -0.3 is 10.2 Å². The van der Waals surface area contributed by atoms with Crippen molar-refractivity contribution in [2.45, 2.75) is 52.1 Å². The Kier molecular flexibility index (Phi) is 6.69. The van der Waals surface area contributed by atoms with Crippen LogP contribution < -0.4 is 5.32 Å². The van der Waals surface area contributed by atoms with Gasteiger partial charge in [0.25, 0.3) is 0 Å². The molecule has 1 aliphatic heterocycles. The molecule has 2 amide bonds. The van der Waals surface area contributed by atoms with E-state index >= 15 is 0 Å². The standard InChI is InChI=1S/C14H26N2O2S/c1-5-7-16-12(9-10(2)3)13(17)15-11(14(16)18)6-8-19-4/h10-12H,5-9H2,1-4H3,(H,15,17)/t11-,12-/m0/s1. The Morgan fingerprint density at radius 3 is 2.58 bits per heavy atom. The molecule has 1 fully saturated rings. The summed E-state index contributed by atoms with van der Waals surface area (Å²) in [4.78, 5) is 26.5. The van der Waals surface area contributed by atoms with Crippen LogP contribution in [-0.2, 0) is 9.59 Å². The molecule has 1 heterocycles. The summed E-state index contributed by atoms with van der Waals surface area (Å²) in [6, 6.07) is -0.604. The van der Waals surface area contributed by atoms with Crippen LogP contribution in [0.5, 0.6) is 0 Å². The number of carbonyl (C=O) groups excluding carboxylic acids is 2. The van der Waals surface area contributed by atoms with E-state index < -0.39 is 0 Å². The summed E-state index contributed by atoms with van der Waals surface area (Å²) < 4.78 is 0. The average Bonchev–Trinajstić information content (AvgIpc) is 2.35. The topological polar surface area (TPSA) is 49.4 Å². The molecule has 0 spiro atoms. The number of hydrogen-bond donors (Lipinski definition) is 1. The molecule has 1 rings (SSSR count). The number of hydrogen-bond acceptors (Lipinski definition) is 3. The smallest absolute Gasteiger partial charge is 0.245 e. The summed E-state index contributed by atoms with van der Waals surface area (Å²) in [7, 11) is 0. The summed E-state index contributed by atoms with van der Waals surface area (Å²) in [6.07, 6.45) is 4.37. The van der Waals surface area contributed by atoms with Crippen LogP contribution in [0.3, 0.4) is 0 Å². The molecule has 0 radical (unpaired) electrons. The van der Waals surface area contributed by atoms with Crippen LogP contribution in [0.1, 0.15) is 40.0 Å². The Hall–Kier alpha value is -0.710. The second-order valence-corrected chi connectivity index (χ2v) is 6.51. The number of carbonyl (C=O) groups is 2. The number of nitrogens with one attached hydrogen (secondary N) is 1. The Morgan fingerprint density at radius 2 is 2.05 bits per heavy atom. The van der Waals surface area contributed by atoms with Crippen LogP contribution in [0.2, 0.25) is 0 Å². The van der Waals surface area contributed by atoms with Crippen LogP contribution >= 0.6 is 11.8 Å². The fraction of sp³-hybridized carbons (Fsp3) is 0.857. The van der Waals surface area contributed by atoms with Crippen molar-refractivity contribution in [3.63, 3.8) is 0 Å². The molecule has 110 valence electrons. The zero-order valence-corrected chi connectivity index (χ0v) is 13.3. The number of amides is 2. The highest BCUT2D eigenvalue weighted by Gasteiger charge is 2.39. The van der Waals surface area contributed by atoms with Gasteiger partial charge in [-0.3, -0.25) is 9.59 Å². The van der Waals surface area contributed by atoms with Crippen molar-refractivity contribution < 1.29 is 9.59 Å². The highest BCUT2D eigenvalue weighted by atomic mass is 32.2. The van der Waals surface area contributed by atoms with E-state index in [2.05, 4.69) is 19.2 Å². The highest BCUT2D eigenvalue weighted by molar-refractivity contribution is 7.98. The molecular weight excluding hydrogens is 260 g/mol. The molecule has 1 aliphatic rings. The SMILES string of the molecule is CCCN1C(=O)[C@H](CCSC)NC(=O)[C@@H]1CC(C)C. The largest absolute Gasteiger partial charge is 0.342 e. The first kappa shape index (κ1) is 16.3. The third-order valence-electron chi connectivity index (χ3n) is 3.35. The molecule has 0 aromatic carbocycles. The molecule has 2 atom stereocenters. The van der Waals surface area contributed by atoms with Gasteiger partial charge in [-0.15, -0.1) is 0 Å². The highest BCUT2D eigenvalue weighted by Crippen LogP contribution is 2.19. The van der Waals surface area contributed by atoms with E-state index in [4.69, 9.17) is 0 Å². The molecule has 0 aromatic rings. The number of nitrogens with zero attached hydrogens (tertiary/aromatic N) is 1. The molecule has 0 unspecified atom stereocenters. The average molecular weight is 286 g/mol. The number of thioether (sulfide) groups is 1. The predicted molar refractivity (Wildman–Crippen MR) is 80.2 cm³/mol. The summed E-state index contributed by atoms with van der Waals surface area (Å²) in [6.45, 7) is 6.89. The molecule has 1 N–H and O–H groups in total. The van der Waals surface area contributed by atoms with Crippen LogP contribution in [0.25, 0.3) is 0 Å². The molecule has 0 bridgehead atoms. The van der Waals surface area contributed by atoms with Gasteiger partial charge in [-0.2, -0.15) is 11.8 Å². The van der Waals surface area contributed by atoms with E-state index in [0.29, 0.717) is 12.5 Å². The van der Waals surface area contributed by atoms with Crippen LogP contribution in [-0.4, -0.2) is 47.4 Å². The Morgan fingerprint density at radius 1 is 1.37 bits per heavy atom. The fourth-order valence-electron chi connectivity index (χ4n) is 2.44. The molecule has 0 aromatic heterocycles. The van der Waals surface area contributed by atoms with Gasteiger partial charge in [0.1, 0.15) is 12.1 Å². The van der Waals surface area contributed by atoms with E-state index in [1.165, 1.54) is 0 Å². The van der Waals surface area contributed by atoms with Gasteiger partial charge in [-0.05, 0) is 37.2 Å². The second kappa shape index (κ2) is 7.78. The van der Waals surface area contributed by atoms with Crippen molar-refractivity contribution in [2.24, 2.45) is 5.92 Å². The van der Waals surface area contributed by atoms with Crippen LogP contribution in [0, 0.1) is 5.92 Å². The first-order valence-electron chi connectivity index (χ1n) is 7.11. The van der Waals surface area contributed by atoms with Crippen molar-refractivity contribution >= 4 is 23.6 Å². The third-order valence-corrected chi connectivity index (χ3v) is 3.99. The van der Waals surface area contributed by atoms with Gasteiger partial charge >= 0.3 is 0 Å². The summed E-state index contributed by atoms with van der Waals surface area (Å²) in [5, 5.41) is 2.90. The second-order valence-electron chi connectivity index (χ2n) is 5.52. The minimum Gasteiger partial charge on any atom is -0.342 e. The maximum atomic E-state index is 12.5. The lowest BCUT2D eigenvalue weighted by Gasteiger charge is -2.39. The van der Waals surface area contributed by atoms with Gasteiger partial charge in [-0.25, -0.2) is 0 Å². The summed E-state index contributed by atoms with van der Waals surface area (Å²) in [5.74, 6) is 1.42. The van der Waals surface area contributed by atoms with E-state index in [1.807, 2.05) is 13.2 Å². The molecule has 1 saturated heterocycles. The molecule has 0 aliphatic carbocycles. The monoisotopic (exact) mass is 286 g/mol. The minimum atomic E-state index is -0.324. The van der Waals surface area contributed by atoms with Gasteiger partial charge in [0.15, 0.2) is 0 Å². The summed E-state index contributed by atoms with van der Waals surface area (Å²) >= 11 is 1.70. The van der Waals surface area contributed by atoms with Crippen molar-refractivity contribution in [1.82, 2.24) is 10.2 Å². The lowest BCUT2D eigenvalue weighted by molar-refractivity contribution is -0.150. The number of piperazine rings is 1. The predicted octanol–water partition coefficient (Wildman–Crippen LogP) is 1.89. The Bertz CT molecular complexity index is 321. The summed E-state index contributed by atoms with van der Waals surface area (Å²) in [5.41, 5.74) is 0. The van der Waals surface area contributed by atoms with Crippen LogP contribution in [0.4, 0.5) is 0 Å². The molecule has 5 heteroatoms. The molecular formula is C14H26N2O2S. The van der Waals surface area contributed by atoms with E-state index in [-0.39, 0.29) is 23.9 Å². The third kappa shape index (κ3) is 4.41. The Balaban J connectivity index is 2.80. The maximum Gasteiger partial charge on any atom is 0.245 e. The van der Waals surface area contributed by atoms with Gasteiger partial charge in [-0.1, -0.05) is 20.8 Å². The van der Waals surface area contributed by atoms with E-state index in [1.54, 1.807) is 16.7 Å². The van der Waals surface area contributed by atoms with Gasteiger partial charge in [0, 0.05) is 6.54 Å². The lowest BCUT2D eigenvalue weighted by Crippen LogP contribution is -2.63. The van der Waals surface area contributed by atoms with E-state index in [0.717, 1.165) is 25.0 Å². The van der Waals surface area contributed by atoms with Crippen molar-refractivity contribution in [2.75, 3.05) is 18.6 Å². The fourth-order valence-corrected chi connectivity index (χ4v) is 2.92. The maximum absolute atomic E-state index is 12.5. The van der Waals surface area contributed by atoms with Crippen molar-refractivity contribution in [3.8, 4) is 0 Å². The van der Waals surface area contributed by atoms with Gasteiger partial charge in [0.05, 0.1) is 0 Å². The molecule has 19 heavy (non-hydrogen) atoms. The zero-order chi connectivity index (χ0) is 14.4. The van der Waals surface area contributed by atoms with Crippen molar-refractivity contribution in [3.05, 3.63) is 0 Å². The zero-order valence-electron chi connectivity index (χ0n) is 12.4. The van der Waals surface area contributed by atoms with E-state index in [9.17, 15) is 9.59 Å². The minimum absolute atomic E-state index is 0.0212. The van der Waals surface area contributed by atoms with Crippen molar-refractivity contribution in [1.29, 1.82) is 0 Å². The first-order valence-corrected chi connectivity index (χ1v) is 8.50. The van der Waals surface area contributed by atoms with Crippen LogP contribution in [0.15, 0.2) is 0 Å². The molecule has 4 nitrogen and oxygen atoms in total. The lowest BCUT2D eigenvalue weighted by atomic mass is 9.97.